The van der Waals surface area contributed by atoms with E-state index in [0.717, 1.165) is 17.3 Å². The molecule has 2 amide bonds. The molecule has 1 unspecified atom stereocenters. The van der Waals surface area contributed by atoms with Crippen molar-refractivity contribution in [2.75, 3.05) is 5.32 Å². The molecule has 0 aliphatic carbocycles. The number of aromatic nitrogens is 2. The SMILES string of the molecule is CC(C)[C@H](Nc1nc(CNC(=O)/C=C/C2CC=CS2)nc2ccccc12)C(N)=O. The third kappa shape index (κ3) is 5.57. The number of nitrogens with two attached hydrogens (primary N) is 1. The van der Waals surface area contributed by atoms with Crippen LogP contribution in [0.25, 0.3) is 10.9 Å². The van der Waals surface area contributed by atoms with Crippen molar-refractivity contribution in [3.05, 3.63) is 53.7 Å². The predicted octanol–water partition coefficient (Wildman–Crippen LogP) is 2.74. The van der Waals surface area contributed by atoms with Gasteiger partial charge in [0.2, 0.25) is 11.8 Å². The van der Waals surface area contributed by atoms with Crippen molar-refractivity contribution in [3.8, 4) is 0 Å². The second-order valence-electron chi connectivity index (χ2n) is 7.13. The van der Waals surface area contributed by atoms with Crippen LogP contribution in [0, 0.1) is 5.92 Å². The van der Waals surface area contributed by atoms with Gasteiger partial charge in [0.05, 0.1) is 12.1 Å². The fourth-order valence-electron chi connectivity index (χ4n) is 2.97. The number of nitrogens with one attached hydrogen (secondary N) is 2. The van der Waals surface area contributed by atoms with E-state index in [0.29, 0.717) is 16.9 Å². The summed E-state index contributed by atoms with van der Waals surface area (Å²) in [4.78, 5) is 33.0. The Balaban J connectivity index is 1.76. The van der Waals surface area contributed by atoms with Crippen molar-refractivity contribution < 1.29 is 9.59 Å². The van der Waals surface area contributed by atoms with Crippen LogP contribution in [0.4, 0.5) is 5.82 Å². The summed E-state index contributed by atoms with van der Waals surface area (Å²) in [6.07, 6.45) is 6.47. The molecule has 1 aromatic carbocycles. The topological polar surface area (TPSA) is 110 Å². The number of fused-ring (bicyclic) bond motifs is 1. The molecule has 7 nitrogen and oxygen atoms in total. The van der Waals surface area contributed by atoms with Crippen LogP contribution in [0.1, 0.15) is 26.1 Å². The van der Waals surface area contributed by atoms with Crippen LogP contribution in [0.2, 0.25) is 0 Å². The monoisotopic (exact) mass is 411 g/mol. The van der Waals surface area contributed by atoms with Gasteiger partial charge in [-0.2, -0.15) is 0 Å². The first-order valence-corrected chi connectivity index (χ1v) is 10.5. The van der Waals surface area contributed by atoms with Gasteiger partial charge in [-0.05, 0) is 29.9 Å². The second-order valence-corrected chi connectivity index (χ2v) is 8.28. The van der Waals surface area contributed by atoms with Gasteiger partial charge in [-0.1, -0.05) is 38.1 Å². The minimum absolute atomic E-state index is 0.00235. The molecule has 0 bridgehead atoms. The van der Waals surface area contributed by atoms with E-state index in [2.05, 4.69) is 26.7 Å². The summed E-state index contributed by atoms with van der Waals surface area (Å²) in [6, 6.07) is 6.95. The van der Waals surface area contributed by atoms with Crippen LogP contribution >= 0.6 is 11.8 Å². The largest absolute Gasteiger partial charge is 0.368 e. The molecular weight excluding hydrogens is 386 g/mol. The average molecular weight is 412 g/mol. The molecule has 29 heavy (non-hydrogen) atoms. The number of nitrogens with zero attached hydrogens (tertiary/aromatic N) is 2. The van der Waals surface area contributed by atoms with Gasteiger partial charge in [0, 0.05) is 16.7 Å². The third-order valence-corrected chi connectivity index (χ3v) is 5.56. The Labute approximate surface area is 174 Å². The van der Waals surface area contributed by atoms with Crippen LogP contribution in [-0.4, -0.2) is 33.1 Å². The minimum Gasteiger partial charge on any atom is -0.368 e. The first-order valence-electron chi connectivity index (χ1n) is 9.52. The van der Waals surface area contributed by atoms with Gasteiger partial charge in [-0.15, -0.1) is 11.8 Å². The van der Waals surface area contributed by atoms with E-state index in [1.807, 2.05) is 49.6 Å². The maximum Gasteiger partial charge on any atom is 0.244 e. The number of anilines is 1. The molecule has 2 aromatic rings. The smallest absolute Gasteiger partial charge is 0.244 e. The van der Waals surface area contributed by atoms with Crippen molar-refractivity contribution >= 4 is 40.3 Å². The summed E-state index contributed by atoms with van der Waals surface area (Å²) in [5.74, 6) is 0.346. The van der Waals surface area contributed by atoms with Gasteiger partial charge in [-0.3, -0.25) is 9.59 Å². The van der Waals surface area contributed by atoms with Crippen molar-refractivity contribution in [2.24, 2.45) is 11.7 Å². The van der Waals surface area contributed by atoms with Gasteiger partial charge in [0.25, 0.3) is 0 Å². The number of allylic oxidation sites excluding steroid dienone is 1. The summed E-state index contributed by atoms with van der Waals surface area (Å²) in [6.45, 7) is 4.01. The molecule has 8 heteroatoms. The number of carbonyl (C=O) groups excluding carboxylic acids is 2. The van der Waals surface area contributed by atoms with Gasteiger partial charge >= 0.3 is 0 Å². The Morgan fingerprint density at radius 3 is 2.79 bits per heavy atom. The van der Waals surface area contributed by atoms with Gasteiger partial charge in [-0.25, -0.2) is 9.97 Å². The molecule has 0 saturated heterocycles. The van der Waals surface area contributed by atoms with E-state index < -0.39 is 11.9 Å². The zero-order chi connectivity index (χ0) is 20.8. The number of rotatable bonds is 8. The lowest BCUT2D eigenvalue weighted by molar-refractivity contribution is -0.119. The van der Waals surface area contributed by atoms with E-state index in [9.17, 15) is 9.59 Å². The number of hydrogen-bond acceptors (Lipinski definition) is 6. The van der Waals surface area contributed by atoms with Gasteiger partial charge in [0.1, 0.15) is 11.9 Å². The fraction of sp³-hybridized carbons (Fsp3) is 0.333. The van der Waals surface area contributed by atoms with Gasteiger partial charge < -0.3 is 16.4 Å². The van der Waals surface area contributed by atoms with E-state index in [1.165, 1.54) is 0 Å². The number of para-hydroxylation sites is 1. The predicted molar refractivity (Wildman–Crippen MR) is 117 cm³/mol. The van der Waals surface area contributed by atoms with E-state index in [-0.39, 0.29) is 18.4 Å². The van der Waals surface area contributed by atoms with Crippen LogP contribution in [-0.2, 0) is 16.1 Å². The third-order valence-electron chi connectivity index (χ3n) is 4.52. The summed E-state index contributed by atoms with van der Waals surface area (Å²) in [5.41, 5.74) is 6.26. The molecular formula is C21H25N5O2S. The highest BCUT2D eigenvalue weighted by Crippen LogP contribution is 2.25. The highest BCUT2D eigenvalue weighted by molar-refractivity contribution is 8.03. The first-order chi connectivity index (χ1) is 13.9. The van der Waals surface area contributed by atoms with Crippen LogP contribution in [0.3, 0.4) is 0 Å². The fourth-order valence-corrected chi connectivity index (χ4v) is 3.79. The lowest BCUT2D eigenvalue weighted by Gasteiger charge is -2.21. The number of primary amides is 1. The highest BCUT2D eigenvalue weighted by Gasteiger charge is 2.21. The maximum absolute atomic E-state index is 12.1. The number of amides is 2. The molecule has 152 valence electrons. The molecule has 4 N–H and O–H groups in total. The Hall–Kier alpha value is -2.87. The number of benzene rings is 1. The second kappa shape index (κ2) is 9.56. The average Bonchev–Trinajstić information content (AvgIpc) is 3.21. The van der Waals surface area contributed by atoms with E-state index in [4.69, 9.17) is 5.73 Å². The van der Waals surface area contributed by atoms with Gasteiger partial charge in [0.15, 0.2) is 5.82 Å². The molecule has 1 aromatic heterocycles. The number of hydrogen-bond donors (Lipinski definition) is 3. The highest BCUT2D eigenvalue weighted by atomic mass is 32.2. The zero-order valence-corrected chi connectivity index (χ0v) is 17.3. The maximum atomic E-state index is 12.1. The molecule has 2 atom stereocenters. The first kappa shape index (κ1) is 20.9. The lowest BCUT2D eigenvalue weighted by Crippen LogP contribution is -2.40. The van der Waals surface area contributed by atoms with E-state index >= 15 is 0 Å². The quantitative estimate of drug-likeness (QED) is 0.576. The van der Waals surface area contributed by atoms with Crippen molar-refractivity contribution in [2.45, 2.75) is 38.1 Å². The molecule has 1 aliphatic rings. The Morgan fingerprint density at radius 2 is 2.10 bits per heavy atom. The molecule has 1 aliphatic heterocycles. The van der Waals surface area contributed by atoms with Crippen LogP contribution in [0.15, 0.2) is 47.9 Å². The summed E-state index contributed by atoms with van der Waals surface area (Å²) >= 11 is 1.69. The number of carbonyl (C=O) groups is 2. The molecule has 0 saturated carbocycles. The Morgan fingerprint density at radius 1 is 1.31 bits per heavy atom. The molecule has 0 spiro atoms. The van der Waals surface area contributed by atoms with Crippen molar-refractivity contribution in [1.29, 1.82) is 0 Å². The van der Waals surface area contributed by atoms with Crippen molar-refractivity contribution in [3.63, 3.8) is 0 Å². The zero-order valence-electron chi connectivity index (χ0n) is 16.5. The lowest BCUT2D eigenvalue weighted by atomic mass is 10.0. The minimum atomic E-state index is -0.559. The Kier molecular flexibility index (Phi) is 6.87. The summed E-state index contributed by atoms with van der Waals surface area (Å²) in [5, 5.41) is 9.11. The number of thioether (sulfide) groups is 1. The molecule has 0 radical (unpaired) electrons. The molecule has 0 fully saturated rings. The van der Waals surface area contributed by atoms with Crippen molar-refractivity contribution in [1.82, 2.24) is 15.3 Å². The van der Waals surface area contributed by atoms with Crippen LogP contribution < -0.4 is 16.4 Å². The molecule has 2 heterocycles. The summed E-state index contributed by atoms with van der Waals surface area (Å²) < 4.78 is 0. The summed E-state index contributed by atoms with van der Waals surface area (Å²) in [7, 11) is 0. The standard InChI is InChI=1S/C21H25N5O2S/c1-13(2)19(20(22)28)26-21-15-7-3-4-8-16(15)24-17(25-21)12-23-18(27)10-9-14-6-5-11-29-14/h3-5,7-11,13-14,19H,6,12H2,1-2H3,(H2,22,28)(H,23,27)(H,24,25,26)/b10-9+/t14?,19-/m0/s1. The molecule has 3 rings (SSSR count). The Bertz CT molecular complexity index is 949. The normalized spacial score (nSPS) is 17.1. The van der Waals surface area contributed by atoms with E-state index in [1.54, 1.807) is 17.8 Å². The van der Waals surface area contributed by atoms with Crippen LogP contribution in [0.5, 0.6) is 0 Å².